The van der Waals surface area contributed by atoms with Gasteiger partial charge >= 0.3 is 0 Å². The average Bonchev–Trinajstić information content (AvgIpc) is 3.04. The molecule has 4 fully saturated rings. The SMILES string of the molecule is O=C1CC(O)[C@@H]2[C@H]3CC[C@H](C3)[C@@H]2N1C1CCCC1. The summed E-state index contributed by atoms with van der Waals surface area (Å²) in [5, 5.41) is 10.3. The van der Waals surface area contributed by atoms with E-state index in [4.69, 9.17) is 0 Å². The summed E-state index contributed by atoms with van der Waals surface area (Å²) in [4.78, 5) is 14.6. The van der Waals surface area contributed by atoms with Gasteiger partial charge in [-0.1, -0.05) is 12.8 Å². The monoisotopic (exact) mass is 249 g/mol. The fourth-order valence-electron chi connectivity index (χ4n) is 5.48. The largest absolute Gasteiger partial charge is 0.392 e. The van der Waals surface area contributed by atoms with Crippen LogP contribution in [0, 0.1) is 17.8 Å². The molecule has 1 saturated heterocycles. The van der Waals surface area contributed by atoms with Crippen LogP contribution >= 0.6 is 0 Å². The molecule has 18 heavy (non-hydrogen) atoms. The number of aliphatic hydroxyl groups is 1. The summed E-state index contributed by atoms with van der Waals surface area (Å²) in [7, 11) is 0. The van der Waals surface area contributed by atoms with Crippen LogP contribution in [0.5, 0.6) is 0 Å². The maximum atomic E-state index is 12.4. The minimum atomic E-state index is -0.351. The van der Waals surface area contributed by atoms with Gasteiger partial charge in [-0.15, -0.1) is 0 Å². The molecule has 2 bridgehead atoms. The van der Waals surface area contributed by atoms with E-state index in [-0.39, 0.29) is 12.0 Å². The Morgan fingerprint density at radius 1 is 1.06 bits per heavy atom. The second-order valence-corrected chi connectivity index (χ2v) is 6.91. The van der Waals surface area contributed by atoms with E-state index in [1.54, 1.807) is 0 Å². The van der Waals surface area contributed by atoms with Crippen molar-refractivity contribution in [2.45, 2.75) is 69.6 Å². The summed E-state index contributed by atoms with van der Waals surface area (Å²) in [5.41, 5.74) is 0. The lowest BCUT2D eigenvalue weighted by molar-refractivity contribution is -0.152. The third-order valence-corrected chi connectivity index (χ3v) is 6.09. The number of likely N-dealkylation sites (tertiary alicyclic amines) is 1. The van der Waals surface area contributed by atoms with Gasteiger partial charge in [0.05, 0.1) is 12.5 Å². The van der Waals surface area contributed by atoms with Crippen molar-refractivity contribution >= 4 is 5.91 Å². The Hall–Kier alpha value is -0.570. The van der Waals surface area contributed by atoms with Crippen molar-refractivity contribution in [2.75, 3.05) is 0 Å². The Bertz CT molecular complexity index is 364. The molecule has 1 heterocycles. The van der Waals surface area contributed by atoms with E-state index in [1.165, 1.54) is 44.9 Å². The van der Waals surface area contributed by atoms with Crippen LogP contribution in [-0.2, 0) is 4.79 Å². The van der Waals surface area contributed by atoms with Gasteiger partial charge in [-0.3, -0.25) is 4.79 Å². The molecule has 4 aliphatic rings. The Balaban J connectivity index is 1.66. The van der Waals surface area contributed by atoms with Crippen LogP contribution in [0.25, 0.3) is 0 Å². The fraction of sp³-hybridized carbons (Fsp3) is 0.933. The number of nitrogens with zero attached hydrogens (tertiary/aromatic N) is 1. The molecule has 1 unspecified atom stereocenters. The zero-order valence-electron chi connectivity index (χ0n) is 10.9. The molecule has 3 nitrogen and oxygen atoms in total. The number of piperidine rings is 1. The first-order valence-electron chi connectivity index (χ1n) is 7.75. The van der Waals surface area contributed by atoms with Crippen molar-refractivity contribution in [3.05, 3.63) is 0 Å². The van der Waals surface area contributed by atoms with Gasteiger partial charge in [0.2, 0.25) is 5.91 Å². The first-order valence-corrected chi connectivity index (χ1v) is 7.75. The van der Waals surface area contributed by atoms with Gasteiger partial charge < -0.3 is 10.0 Å². The molecule has 0 aromatic carbocycles. The number of carbonyl (C=O) groups excluding carboxylic acids is 1. The number of carbonyl (C=O) groups is 1. The van der Waals surface area contributed by atoms with Crippen LogP contribution in [-0.4, -0.2) is 34.1 Å². The number of rotatable bonds is 1. The molecular formula is C15H23NO2. The minimum absolute atomic E-state index is 0.239. The molecular weight excluding hydrogens is 226 g/mol. The molecule has 3 heteroatoms. The van der Waals surface area contributed by atoms with Crippen molar-refractivity contribution in [2.24, 2.45) is 17.8 Å². The van der Waals surface area contributed by atoms with Crippen LogP contribution in [0.1, 0.15) is 51.4 Å². The van der Waals surface area contributed by atoms with Crippen molar-refractivity contribution in [1.82, 2.24) is 4.90 Å². The first-order chi connectivity index (χ1) is 8.75. The lowest BCUT2D eigenvalue weighted by atomic mass is 9.75. The topological polar surface area (TPSA) is 40.5 Å². The third-order valence-electron chi connectivity index (χ3n) is 6.09. The van der Waals surface area contributed by atoms with E-state index in [0.717, 1.165) is 0 Å². The number of fused-ring (bicyclic) bond motifs is 5. The highest BCUT2D eigenvalue weighted by Gasteiger charge is 2.57. The molecule has 0 spiro atoms. The minimum Gasteiger partial charge on any atom is -0.392 e. The molecule has 5 atom stereocenters. The predicted octanol–water partition coefficient (Wildman–Crippen LogP) is 1.94. The quantitative estimate of drug-likeness (QED) is 0.771. The third kappa shape index (κ3) is 1.43. The van der Waals surface area contributed by atoms with Crippen molar-refractivity contribution < 1.29 is 9.90 Å². The van der Waals surface area contributed by atoms with E-state index < -0.39 is 0 Å². The maximum Gasteiger partial charge on any atom is 0.225 e. The van der Waals surface area contributed by atoms with Gasteiger partial charge in [0.15, 0.2) is 0 Å². The highest BCUT2D eigenvalue weighted by atomic mass is 16.3. The smallest absolute Gasteiger partial charge is 0.225 e. The zero-order chi connectivity index (χ0) is 12.3. The van der Waals surface area contributed by atoms with Crippen molar-refractivity contribution in [1.29, 1.82) is 0 Å². The van der Waals surface area contributed by atoms with Crippen LogP contribution < -0.4 is 0 Å². The summed E-state index contributed by atoms with van der Waals surface area (Å²) in [6.45, 7) is 0. The Morgan fingerprint density at radius 3 is 2.56 bits per heavy atom. The predicted molar refractivity (Wildman–Crippen MR) is 67.8 cm³/mol. The van der Waals surface area contributed by atoms with Gasteiger partial charge in [0, 0.05) is 18.0 Å². The normalized spacial score (nSPS) is 47.9. The molecule has 0 radical (unpaired) electrons. The van der Waals surface area contributed by atoms with E-state index in [1.807, 2.05) is 0 Å². The van der Waals surface area contributed by atoms with Gasteiger partial charge in [-0.05, 0) is 43.9 Å². The molecule has 1 aliphatic heterocycles. The molecule has 3 aliphatic carbocycles. The van der Waals surface area contributed by atoms with Crippen molar-refractivity contribution in [3.8, 4) is 0 Å². The number of amides is 1. The highest BCUT2D eigenvalue weighted by molar-refractivity contribution is 5.79. The number of aliphatic hydroxyl groups excluding tert-OH is 1. The summed E-state index contributed by atoms with van der Waals surface area (Å²) < 4.78 is 0. The first kappa shape index (κ1) is 11.3. The highest BCUT2D eigenvalue weighted by Crippen LogP contribution is 2.54. The molecule has 100 valence electrons. The van der Waals surface area contributed by atoms with Gasteiger partial charge in [-0.25, -0.2) is 0 Å². The molecule has 1 N–H and O–H groups in total. The molecule has 3 saturated carbocycles. The molecule has 0 aromatic rings. The van der Waals surface area contributed by atoms with Gasteiger partial charge in [-0.2, -0.15) is 0 Å². The maximum absolute atomic E-state index is 12.4. The van der Waals surface area contributed by atoms with Gasteiger partial charge in [0.1, 0.15) is 0 Å². The Morgan fingerprint density at radius 2 is 1.78 bits per heavy atom. The second-order valence-electron chi connectivity index (χ2n) is 6.91. The van der Waals surface area contributed by atoms with E-state index in [0.29, 0.717) is 36.3 Å². The molecule has 1 amide bonds. The Kier molecular flexibility index (Phi) is 2.48. The number of hydrogen-bond donors (Lipinski definition) is 1. The lowest BCUT2D eigenvalue weighted by Gasteiger charge is -2.48. The average molecular weight is 249 g/mol. The second kappa shape index (κ2) is 3.96. The summed E-state index contributed by atoms with van der Waals surface area (Å²) >= 11 is 0. The Labute approximate surface area is 109 Å². The zero-order valence-corrected chi connectivity index (χ0v) is 10.9. The van der Waals surface area contributed by atoms with Crippen LogP contribution in [0.15, 0.2) is 0 Å². The van der Waals surface area contributed by atoms with Crippen LogP contribution in [0.4, 0.5) is 0 Å². The molecule has 4 rings (SSSR count). The van der Waals surface area contributed by atoms with E-state index >= 15 is 0 Å². The van der Waals surface area contributed by atoms with Crippen LogP contribution in [0.2, 0.25) is 0 Å². The van der Waals surface area contributed by atoms with Crippen molar-refractivity contribution in [3.63, 3.8) is 0 Å². The number of hydrogen-bond acceptors (Lipinski definition) is 2. The van der Waals surface area contributed by atoms with E-state index in [2.05, 4.69) is 4.90 Å². The summed E-state index contributed by atoms with van der Waals surface area (Å²) in [6, 6.07) is 0.889. The van der Waals surface area contributed by atoms with Crippen LogP contribution in [0.3, 0.4) is 0 Å². The van der Waals surface area contributed by atoms with E-state index in [9.17, 15) is 9.90 Å². The fourth-order valence-corrected chi connectivity index (χ4v) is 5.48. The molecule has 0 aromatic heterocycles. The summed E-state index contributed by atoms with van der Waals surface area (Å²) in [5.74, 6) is 2.04. The van der Waals surface area contributed by atoms with Gasteiger partial charge in [0.25, 0.3) is 0 Å². The lowest BCUT2D eigenvalue weighted by Crippen LogP contribution is -2.59. The summed E-state index contributed by atoms with van der Waals surface area (Å²) in [6.07, 6.45) is 8.83. The standard InChI is InChI=1S/C15H23NO2/c17-12-8-13(18)16(11-3-1-2-4-11)15-10-6-5-9(7-10)14(12)15/h9-12,14-15,17H,1-8H2/t9-,10+,12?,14-,15-/m0/s1.